The van der Waals surface area contributed by atoms with Crippen LogP contribution in [0.15, 0.2) is 72.8 Å². The van der Waals surface area contributed by atoms with E-state index in [2.05, 4.69) is 72.8 Å². The van der Waals surface area contributed by atoms with Crippen LogP contribution in [0.4, 0.5) is 0 Å². The summed E-state index contributed by atoms with van der Waals surface area (Å²) in [6.45, 7) is 0. The van der Waals surface area contributed by atoms with E-state index in [0.29, 0.717) is 0 Å². The molecule has 23 heavy (non-hydrogen) atoms. The first-order chi connectivity index (χ1) is 11.4. The molecule has 0 radical (unpaired) electrons. The lowest BCUT2D eigenvalue weighted by Crippen LogP contribution is -1.84. The third-order valence-corrected chi connectivity index (χ3v) is 6.20. The molecule has 0 aliphatic heterocycles. The van der Waals surface area contributed by atoms with Crippen LogP contribution >= 0.6 is 11.3 Å². The molecule has 0 saturated heterocycles. The molecule has 106 valence electrons. The largest absolute Gasteiger partial charge is 0.135 e. The number of rotatable bonds is 0. The van der Waals surface area contributed by atoms with E-state index in [1.165, 1.54) is 52.5 Å². The minimum atomic E-state index is 1.34. The summed E-state index contributed by atoms with van der Waals surface area (Å²) in [5.74, 6) is 0. The zero-order chi connectivity index (χ0) is 15.0. The lowest BCUT2D eigenvalue weighted by molar-refractivity contribution is 1.82. The second-order valence-electron chi connectivity index (χ2n) is 6.18. The average Bonchev–Trinajstić information content (AvgIpc) is 3.00. The molecule has 0 nitrogen and oxygen atoms in total. The van der Waals surface area contributed by atoms with Gasteiger partial charge in [-0.1, -0.05) is 66.7 Å². The molecule has 0 aliphatic rings. The number of thiophene rings is 1. The first-order valence-electron chi connectivity index (χ1n) is 7.88. The van der Waals surface area contributed by atoms with E-state index in [4.69, 9.17) is 0 Å². The van der Waals surface area contributed by atoms with Crippen molar-refractivity contribution in [2.75, 3.05) is 0 Å². The second-order valence-corrected chi connectivity index (χ2v) is 7.23. The van der Waals surface area contributed by atoms with Gasteiger partial charge >= 0.3 is 0 Å². The lowest BCUT2D eigenvalue weighted by atomic mass is 9.91. The van der Waals surface area contributed by atoms with E-state index in [-0.39, 0.29) is 0 Å². The Kier molecular flexibility index (Phi) is 2.07. The monoisotopic (exact) mass is 308 g/mol. The van der Waals surface area contributed by atoms with Crippen molar-refractivity contribution in [3.05, 3.63) is 72.8 Å². The molecule has 0 fully saturated rings. The molecule has 0 aliphatic carbocycles. The molecule has 0 unspecified atom stereocenters. The van der Waals surface area contributed by atoms with Gasteiger partial charge in [0.1, 0.15) is 0 Å². The predicted octanol–water partition coefficient (Wildman–Crippen LogP) is 6.95. The number of hydrogen-bond donors (Lipinski definition) is 0. The van der Waals surface area contributed by atoms with Crippen molar-refractivity contribution < 1.29 is 0 Å². The fourth-order valence-corrected chi connectivity index (χ4v) is 5.30. The summed E-state index contributed by atoms with van der Waals surface area (Å²) in [4.78, 5) is 0. The molecule has 6 aromatic rings. The molecular formula is C22H12S. The molecule has 0 saturated carbocycles. The van der Waals surface area contributed by atoms with E-state index in [1.54, 1.807) is 0 Å². The summed E-state index contributed by atoms with van der Waals surface area (Å²) >= 11 is 1.92. The van der Waals surface area contributed by atoms with E-state index < -0.39 is 0 Å². The maximum Gasteiger partial charge on any atom is 0.0440 e. The molecule has 0 amide bonds. The van der Waals surface area contributed by atoms with Crippen LogP contribution in [-0.2, 0) is 0 Å². The molecule has 0 spiro atoms. The topological polar surface area (TPSA) is 0 Å². The second kappa shape index (κ2) is 4.01. The third kappa shape index (κ3) is 1.37. The Balaban J connectivity index is 2.13. The highest BCUT2D eigenvalue weighted by molar-refractivity contribution is 7.27. The Morgan fingerprint density at radius 3 is 1.96 bits per heavy atom. The molecule has 1 heterocycles. The predicted molar refractivity (Wildman–Crippen MR) is 103 cm³/mol. The van der Waals surface area contributed by atoms with E-state index in [0.717, 1.165) is 0 Å². The highest BCUT2D eigenvalue weighted by atomic mass is 32.1. The Morgan fingerprint density at radius 1 is 0.478 bits per heavy atom. The van der Waals surface area contributed by atoms with Crippen molar-refractivity contribution in [1.29, 1.82) is 0 Å². The van der Waals surface area contributed by atoms with Gasteiger partial charge in [0.05, 0.1) is 0 Å². The van der Waals surface area contributed by atoms with Crippen molar-refractivity contribution in [2.45, 2.75) is 0 Å². The summed E-state index contributed by atoms with van der Waals surface area (Å²) < 4.78 is 2.79. The zero-order valence-electron chi connectivity index (χ0n) is 12.3. The van der Waals surface area contributed by atoms with Crippen molar-refractivity contribution in [1.82, 2.24) is 0 Å². The first kappa shape index (κ1) is 11.9. The SMILES string of the molecule is c1ccc2c(c1)sc1c3cccc4ccc5cccc(c21)c5c43. The summed E-state index contributed by atoms with van der Waals surface area (Å²) in [5, 5.41) is 11.1. The molecule has 1 heteroatoms. The minimum Gasteiger partial charge on any atom is -0.135 e. The lowest BCUT2D eigenvalue weighted by Gasteiger charge is -2.12. The van der Waals surface area contributed by atoms with Gasteiger partial charge in [-0.3, -0.25) is 0 Å². The Bertz CT molecular complexity index is 1350. The Labute approximate surface area is 136 Å². The van der Waals surface area contributed by atoms with Crippen molar-refractivity contribution in [2.24, 2.45) is 0 Å². The summed E-state index contributed by atoms with van der Waals surface area (Å²) in [6.07, 6.45) is 0. The normalized spacial score (nSPS) is 12.3. The third-order valence-electron chi connectivity index (χ3n) is 5.00. The van der Waals surface area contributed by atoms with Gasteiger partial charge in [0.2, 0.25) is 0 Å². The average molecular weight is 308 g/mol. The van der Waals surface area contributed by atoms with Crippen LogP contribution in [0, 0.1) is 0 Å². The quantitative estimate of drug-likeness (QED) is 0.266. The van der Waals surface area contributed by atoms with E-state index >= 15 is 0 Å². The van der Waals surface area contributed by atoms with E-state index in [1.807, 2.05) is 11.3 Å². The maximum absolute atomic E-state index is 2.29. The van der Waals surface area contributed by atoms with Crippen molar-refractivity contribution >= 4 is 63.8 Å². The van der Waals surface area contributed by atoms with Crippen LogP contribution in [0.5, 0.6) is 0 Å². The van der Waals surface area contributed by atoms with Crippen LogP contribution in [0.3, 0.4) is 0 Å². The smallest absolute Gasteiger partial charge is 0.0440 e. The molecule has 5 aromatic carbocycles. The van der Waals surface area contributed by atoms with Crippen LogP contribution in [0.2, 0.25) is 0 Å². The Hall–Kier alpha value is -2.64. The van der Waals surface area contributed by atoms with E-state index in [9.17, 15) is 0 Å². The fraction of sp³-hybridized carbons (Fsp3) is 0. The molecule has 0 atom stereocenters. The minimum absolute atomic E-state index is 1.34. The van der Waals surface area contributed by atoms with Crippen molar-refractivity contribution in [3.8, 4) is 0 Å². The Morgan fingerprint density at radius 2 is 1.13 bits per heavy atom. The zero-order valence-corrected chi connectivity index (χ0v) is 13.2. The highest BCUT2D eigenvalue weighted by Crippen LogP contribution is 2.46. The van der Waals surface area contributed by atoms with Gasteiger partial charge < -0.3 is 0 Å². The molecular weight excluding hydrogens is 296 g/mol. The van der Waals surface area contributed by atoms with Gasteiger partial charge in [-0.15, -0.1) is 11.3 Å². The summed E-state index contributed by atoms with van der Waals surface area (Å²) in [5.41, 5.74) is 0. The van der Waals surface area contributed by atoms with Gasteiger partial charge in [0.15, 0.2) is 0 Å². The van der Waals surface area contributed by atoms with Crippen LogP contribution in [-0.4, -0.2) is 0 Å². The number of fused-ring (bicyclic) bond motifs is 5. The molecule has 0 bridgehead atoms. The van der Waals surface area contributed by atoms with Gasteiger partial charge in [-0.25, -0.2) is 0 Å². The maximum atomic E-state index is 2.29. The van der Waals surface area contributed by atoms with Crippen LogP contribution in [0.25, 0.3) is 52.5 Å². The van der Waals surface area contributed by atoms with Gasteiger partial charge in [0.25, 0.3) is 0 Å². The summed E-state index contributed by atoms with van der Waals surface area (Å²) in [7, 11) is 0. The molecule has 1 aromatic heterocycles. The van der Waals surface area contributed by atoms with Gasteiger partial charge in [-0.05, 0) is 33.0 Å². The highest BCUT2D eigenvalue weighted by Gasteiger charge is 2.16. The fourth-order valence-electron chi connectivity index (χ4n) is 4.06. The van der Waals surface area contributed by atoms with Crippen molar-refractivity contribution in [3.63, 3.8) is 0 Å². The molecule has 0 N–H and O–H groups in total. The standard InChI is InChI=1S/C22H12S/c1-2-10-18-15(7-1)21-16-8-3-5-13-11-12-14-6-4-9-17(22(21)23-18)20(14)19(13)16/h1-12H. The van der Waals surface area contributed by atoms with Crippen LogP contribution in [0.1, 0.15) is 0 Å². The number of hydrogen-bond acceptors (Lipinski definition) is 1. The number of benzene rings is 5. The first-order valence-corrected chi connectivity index (χ1v) is 8.70. The molecule has 6 rings (SSSR count). The summed E-state index contributed by atoms with van der Waals surface area (Å²) in [6, 6.07) is 26.7. The van der Waals surface area contributed by atoms with Gasteiger partial charge in [-0.2, -0.15) is 0 Å². The van der Waals surface area contributed by atoms with Gasteiger partial charge in [0, 0.05) is 25.6 Å². The van der Waals surface area contributed by atoms with Crippen LogP contribution < -0.4 is 0 Å².